The van der Waals surface area contributed by atoms with E-state index in [0.29, 0.717) is 13.2 Å². The number of nitrogens with zero attached hydrogens (tertiary/aromatic N) is 6. The van der Waals surface area contributed by atoms with Crippen molar-refractivity contribution in [2.45, 2.75) is 101 Å². The van der Waals surface area contributed by atoms with Gasteiger partial charge in [-0.2, -0.15) is 0 Å². The molecule has 58 heavy (non-hydrogen) atoms. The zero-order chi connectivity index (χ0) is 39.2. The molecular weight excluding hydrogens is 733 g/mol. The van der Waals surface area contributed by atoms with Crippen molar-refractivity contribution in [2.75, 3.05) is 13.1 Å². The van der Waals surface area contributed by atoms with Gasteiger partial charge in [-0.25, -0.2) is 4.79 Å². The first kappa shape index (κ1) is 56.6. The Morgan fingerprint density at radius 2 is 0.931 bits per heavy atom. The van der Waals surface area contributed by atoms with Crippen LogP contribution in [0.15, 0.2) is 156 Å². The van der Waals surface area contributed by atoms with Gasteiger partial charge in [-0.15, -0.1) is 6.58 Å². The van der Waals surface area contributed by atoms with E-state index in [2.05, 4.69) is 46.6 Å². The number of ether oxygens (including phenoxy) is 4. The van der Waals surface area contributed by atoms with E-state index in [1.165, 1.54) is 5.57 Å². The lowest BCUT2D eigenvalue weighted by Gasteiger charge is -2.24. The van der Waals surface area contributed by atoms with E-state index < -0.39 is 18.2 Å². The maximum Gasteiger partial charge on any atom is 0.335 e. The molecule has 0 aliphatic rings. The first-order valence-electron chi connectivity index (χ1n) is 17.4. The topological polar surface area (TPSA) is 172 Å². The van der Waals surface area contributed by atoms with Gasteiger partial charge in [0.05, 0.1) is 45.6 Å². The summed E-state index contributed by atoms with van der Waals surface area (Å²) < 4.78 is 23.0. The number of carbonyl (C=O) groups is 1. The summed E-state index contributed by atoms with van der Waals surface area (Å²) in [6, 6.07) is 38.3. The summed E-state index contributed by atoms with van der Waals surface area (Å²) in [5.41, 5.74) is 22.4. The maximum atomic E-state index is 11.6. The minimum Gasteiger partial charge on any atom is -0.479 e. The van der Waals surface area contributed by atoms with Crippen LogP contribution in [0.3, 0.4) is 0 Å². The van der Waals surface area contributed by atoms with E-state index in [4.69, 9.17) is 30.0 Å². The first-order chi connectivity index (χ1) is 26.3. The molecule has 0 aliphatic heterocycles. The Bertz CT molecular complexity index is 1730. The molecule has 316 valence electrons. The molecule has 0 spiro atoms. The van der Waals surface area contributed by atoms with E-state index in [9.17, 15) is 9.90 Å². The van der Waals surface area contributed by atoms with E-state index in [1.54, 1.807) is 6.08 Å². The third-order valence-electron chi connectivity index (χ3n) is 7.58. The number of benzene rings is 4. The van der Waals surface area contributed by atoms with Gasteiger partial charge in [-0.1, -0.05) is 179 Å². The lowest BCUT2D eigenvalue weighted by Crippen LogP contribution is -2.40. The smallest absolute Gasteiger partial charge is 0.335 e. The molecule has 0 aromatic heterocycles. The number of carboxylic acids is 1. The molecule has 4 aromatic rings. The fraction of sp³-hybridized carbons (Fsp3) is 0.370. The molecule has 12 heteroatoms. The molecule has 1 N–H and O–H groups in total. The molecule has 0 unspecified atom stereocenters. The number of aliphatic carboxylic acids is 1. The average Bonchev–Trinajstić information content (AvgIpc) is 3.21. The van der Waals surface area contributed by atoms with Crippen molar-refractivity contribution in [3.05, 3.63) is 189 Å². The van der Waals surface area contributed by atoms with Crippen LogP contribution in [0.5, 0.6) is 0 Å². The third-order valence-corrected chi connectivity index (χ3v) is 7.58. The summed E-state index contributed by atoms with van der Waals surface area (Å²) in [5, 5.41) is 16.6. The fourth-order valence-corrected chi connectivity index (χ4v) is 4.47. The Kier molecular flexibility index (Phi) is 34.8. The van der Waals surface area contributed by atoms with E-state index in [0.717, 1.165) is 22.3 Å². The molecule has 0 radical (unpaired) electrons. The second-order valence-corrected chi connectivity index (χ2v) is 11.9. The number of azide groups is 2. The number of hydrogen-bond donors (Lipinski definition) is 1. The standard InChI is InChI=1S/C19H21N3O2.C18H19N3O4.C5H10.4CH4/c1-2-18(23-14-16-9-5-3-6-10-16)19(13-21-22-20)24-15-17-11-7-4-8-12-17;19-21-20-11-16(24-12-14-7-3-1-4-8-14)17(18(22)23)25-13-15-9-5-2-6-10-15;1-4-5(2)3;;;;/h2-12,18-19H,1,13-15H2;1-10,16-17H,11-13H2,(H,22,23);4H,1-3H3;4*1H4/t18-,19+;16-,17-;;;;;/m10...../s1. The molecule has 12 nitrogen and oxygen atoms in total. The molecule has 0 bridgehead atoms. The van der Waals surface area contributed by atoms with E-state index in [1.807, 2.05) is 128 Å². The van der Waals surface area contributed by atoms with Crippen LogP contribution in [0.25, 0.3) is 20.9 Å². The minimum absolute atomic E-state index is 0. The summed E-state index contributed by atoms with van der Waals surface area (Å²) in [4.78, 5) is 17.1. The zero-order valence-corrected chi connectivity index (χ0v) is 31.1. The van der Waals surface area contributed by atoms with Gasteiger partial charge >= 0.3 is 5.97 Å². The molecule has 0 saturated carbocycles. The maximum absolute atomic E-state index is 11.6. The van der Waals surface area contributed by atoms with Gasteiger partial charge in [0.25, 0.3) is 0 Å². The highest BCUT2D eigenvalue weighted by Gasteiger charge is 2.30. The monoisotopic (exact) mass is 799 g/mol. The first-order valence-corrected chi connectivity index (χ1v) is 17.4. The number of hydrogen-bond acceptors (Lipinski definition) is 7. The summed E-state index contributed by atoms with van der Waals surface area (Å²) in [6.45, 7) is 11.3. The quantitative estimate of drug-likeness (QED) is 0.0403. The molecule has 4 atom stereocenters. The number of carboxylic acid groups (broad SMARTS) is 1. The second kappa shape index (κ2) is 35.7. The summed E-state index contributed by atoms with van der Waals surface area (Å²) in [7, 11) is 0. The summed E-state index contributed by atoms with van der Waals surface area (Å²) >= 11 is 0. The normalized spacial score (nSPS) is 11.4. The van der Waals surface area contributed by atoms with Crippen LogP contribution in [0.4, 0.5) is 0 Å². The molecule has 0 amide bonds. The molecular formula is C46H66N6O6. The van der Waals surface area contributed by atoms with Crippen molar-refractivity contribution in [1.29, 1.82) is 0 Å². The fourth-order valence-electron chi connectivity index (χ4n) is 4.47. The highest BCUT2D eigenvalue weighted by Crippen LogP contribution is 2.15. The predicted octanol–water partition coefficient (Wildman–Crippen LogP) is 12.7. The van der Waals surface area contributed by atoms with Crippen molar-refractivity contribution >= 4 is 5.97 Å². The van der Waals surface area contributed by atoms with Gasteiger partial charge in [0.2, 0.25) is 0 Å². The Balaban J connectivity index is -0.000000879. The second-order valence-electron chi connectivity index (χ2n) is 11.9. The lowest BCUT2D eigenvalue weighted by molar-refractivity contribution is -0.163. The Morgan fingerprint density at radius 1 is 0.621 bits per heavy atom. The highest BCUT2D eigenvalue weighted by molar-refractivity contribution is 5.73. The molecule has 0 saturated heterocycles. The van der Waals surface area contributed by atoms with Gasteiger partial charge in [0.15, 0.2) is 6.10 Å². The van der Waals surface area contributed by atoms with Crippen molar-refractivity contribution in [3.63, 3.8) is 0 Å². The summed E-state index contributed by atoms with van der Waals surface area (Å²) in [6.07, 6.45) is 0.888. The van der Waals surface area contributed by atoms with Gasteiger partial charge in [0.1, 0.15) is 12.2 Å². The molecule has 0 fully saturated rings. The number of rotatable bonds is 20. The van der Waals surface area contributed by atoms with Gasteiger partial charge < -0.3 is 24.1 Å². The van der Waals surface area contributed by atoms with Crippen LogP contribution < -0.4 is 0 Å². The molecule has 0 aliphatic carbocycles. The van der Waals surface area contributed by atoms with Crippen molar-refractivity contribution in [2.24, 2.45) is 10.2 Å². The Labute approximate surface area is 347 Å². The predicted molar refractivity (Wildman–Crippen MR) is 238 cm³/mol. The number of allylic oxidation sites excluding steroid dienone is 2. The van der Waals surface area contributed by atoms with Crippen LogP contribution in [-0.2, 0) is 50.2 Å². The largest absolute Gasteiger partial charge is 0.479 e. The van der Waals surface area contributed by atoms with E-state index in [-0.39, 0.29) is 68.2 Å². The SMILES string of the molecule is C.C.C.C.C=C[C@@H](OCc1ccccc1)[C@H](CN=[N+]=[N-])OCc1ccccc1.CC=C(C)C.[N-]=[N+]=NC[C@H](OCc1ccccc1)[C@H](OCc1ccccc1)C(=O)O. The zero-order valence-electron chi connectivity index (χ0n) is 31.1. The summed E-state index contributed by atoms with van der Waals surface area (Å²) in [5.74, 6) is -1.16. The molecule has 0 heterocycles. The van der Waals surface area contributed by atoms with Crippen LogP contribution in [-0.4, -0.2) is 48.6 Å². The Morgan fingerprint density at radius 3 is 1.24 bits per heavy atom. The lowest BCUT2D eigenvalue weighted by atomic mass is 10.2. The van der Waals surface area contributed by atoms with Gasteiger partial charge in [-0.05, 0) is 54.1 Å². The average molecular weight is 799 g/mol. The Hall–Kier alpha value is -5.71. The highest BCUT2D eigenvalue weighted by atomic mass is 16.6. The van der Waals surface area contributed by atoms with Gasteiger partial charge in [0, 0.05) is 9.82 Å². The van der Waals surface area contributed by atoms with Crippen LogP contribution >= 0.6 is 0 Å². The van der Waals surface area contributed by atoms with Gasteiger partial charge in [-0.3, -0.25) is 0 Å². The van der Waals surface area contributed by atoms with Crippen LogP contribution in [0, 0.1) is 0 Å². The van der Waals surface area contributed by atoms with Crippen molar-refractivity contribution in [1.82, 2.24) is 0 Å². The third kappa shape index (κ3) is 24.7. The van der Waals surface area contributed by atoms with Crippen LogP contribution in [0.2, 0.25) is 0 Å². The minimum atomic E-state index is -1.24. The van der Waals surface area contributed by atoms with Crippen molar-refractivity contribution in [3.8, 4) is 0 Å². The van der Waals surface area contributed by atoms with E-state index >= 15 is 0 Å². The molecule has 4 aromatic carbocycles. The van der Waals surface area contributed by atoms with Crippen molar-refractivity contribution < 1.29 is 28.8 Å². The van der Waals surface area contributed by atoms with Crippen LogP contribution in [0.1, 0.15) is 72.7 Å². The molecule has 4 rings (SSSR count).